The molecule has 0 fully saturated rings. The van der Waals surface area contributed by atoms with Crippen LogP contribution in [0.3, 0.4) is 0 Å². The highest BCUT2D eigenvalue weighted by atomic mass is 35.5. The van der Waals surface area contributed by atoms with E-state index in [2.05, 4.69) is 14.1 Å². The van der Waals surface area contributed by atoms with Gasteiger partial charge in [0.2, 0.25) is 0 Å². The van der Waals surface area contributed by atoms with Gasteiger partial charge in [0.25, 0.3) is 5.91 Å². The summed E-state index contributed by atoms with van der Waals surface area (Å²) in [6.45, 7) is 0.254. The number of nitrogens with zero attached hydrogens (tertiary/aromatic N) is 3. The number of anilines is 2. The lowest BCUT2D eigenvalue weighted by Crippen LogP contribution is -2.29. The molecule has 0 aliphatic carbocycles. The van der Waals surface area contributed by atoms with Gasteiger partial charge in [0.15, 0.2) is 5.82 Å². The number of carbonyl (C=O) groups is 1. The molecule has 3 aromatic carbocycles. The number of carbonyl (C=O) groups excluding carboxylic acids is 1. The summed E-state index contributed by atoms with van der Waals surface area (Å²) in [6.07, 6.45) is 0.823. The van der Waals surface area contributed by atoms with Crippen LogP contribution in [0.4, 0.5) is 11.5 Å². The van der Waals surface area contributed by atoms with Crippen LogP contribution in [0.5, 0.6) is 0 Å². The zero-order valence-corrected chi connectivity index (χ0v) is 22.4. The highest BCUT2D eigenvalue weighted by molar-refractivity contribution is 7.81. The molecular formula is C24H18Cl3N4O3S2-. The Labute approximate surface area is 229 Å². The summed E-state index contributed by atoms with van der Waals surface area (Å²) in [5.74, 6) is -0.373. The third-order valence-electron chi connectivity index (χ3n) is 5.21. The molecule has 4 aromatic rings. The van der Waals surface area contributed by atoms with Crippen molar-refractivity contribution >= 4 is 75.2 Å². The lowest BCUT2D eigenvalue weighted by atomic mass is 10.1. The van der Waals surface area contributed by atoms with Crippen molar-refractivity contribution in [3.05, 3.63) is 104 Å². The minimum atomic E-state index is -2.79. The Kier molecular flexibility index (Phi) is 8.95. The van der Waals surface area contributed by atoms with E-state index in [1.165, 1.54) is 18.2 Å². The maximum Gasteiger partial charge on any atom is 0.253 e. The smallest absolute Gasteiger partial charge is 0.253 e. The van der Waals surface area contributed by atoms with Crippen molar-refractivity contribution < 1.29 is 13.6 Å². The summed E-state index contributed by atoms with van der Waals surface area (Å²) in [5.41, 5.74) is 2.41. The number of nitrogens with one attached hydrogen (secondary N) is 1. The molecule has 7 nitrogen and oxygen atoms in total. The quantitative estimate of drug-likeness (QED) is 0.245. The largest absolute Gasteiger partial charge is 0.755 e. The normalized spacial score (nSPS) is 11.8. The van der Waals surface area contributed by atoms with Crippen molar-refractivity contribution in [3.8, 4) is 0 Å². The molecular weight excluding hydrogens is 563 g/mol. The zero-order valence-electron chi connectivity index (χ0n) is 18.5. The summed E-state index contributed by atoms with van der Waals surface area (Å²) >= 11 is 16.4. The third kappa shape index (κ3) is 6.42. The molecule has 1 atom stereocenters. The molecule has 0 bridgehead atoms. The SMILES string of the molecule is O=C(NCCc1ccc(Cl)cc1Cl)c1cc(Cl)ccc1N(c1nsnc1Cc1ccccc1)S(=O)[O-]. The number of halogens is 3. The minimum absolute atomic E-state index is 0.0764. The zero-order chi connectivity index (χ0) is 25.7. The molecule has 1 aromatic heterocycles. The first kappa shape index (κ1) is 26.5. The van der Waals surface area contributed by atoms with Crippen molar-refractivity contribution in [2.75, 3.05) is 10.8 Å². The maximum absolute atomic E-state index is 13.1. The van der Waals surface area contributed by atoms with Crippen LogP contribution in [-0.2, 0) is 24.1 Å². The van der Waals surface area contributed by atoms with Crippen LogP contribution in [0.1, 0.15) is 27.2 Å². The van der Waals surface area contributed by atoms with Gasteiger partial charge in [0, 0.05) is 28.0 Å². The lowest BCUT2D eigenvalue weighted by molar-refractivity contribution is 0.0955. The standard InChI is InChI=1S/C24H19Cl3N4O3S2/c25-17-8-9-22(19(13-17)24(32)28-11-10-16-6-7-18(26)14-20(16)27)31(36(33)34)23-21(29-35-30-23)12-15-4-2-1-3-5-15/h1-9,13-14H,10-12H2,(H,28,32)(H,33,34)/p-1. The molecule has 186 valence electrons. The average molecular weight is 581 g/mol. The van der Waals surface area contributed by atoms with Gasteiger partial charge in [-0.2, -0.15) is 8.75 Å². The molecule has 0 saturated heterocycles. The second-order valence-electron chi connectivity index (χ2n) is 7.61. The Hall–Kier alpha value is -2.53. The van der Waals surface area contributed by atoms with E-state index in [-0.39, 0.29) is 28.6 Å². The maximum atomic E-state index is 13.1. The monoisotopic (exact) mass is 579 g/mol. The highest BCUT2D eigenvalue weighted by Crippen LogP contribution is 2.34. The van der Waals surface area contributed by atoms with Crippen molar-refractivity contribution in [1.29, 1.82) is 0 Å². The van der Waals surface area contributed by atoms with Crippen molar-refractivity contribution in [2.24, 2.45) is 0 Å². The topological polar surface area (TPSA) is 98.2 Å². The molecule has 12 heteroatoms. The van der Waals surface area contributed by atoms with E-state index < -0.39 is 17.2 Å². The molecule has 1 N–H and O–H groups in total. The van der Waals surface area contributed by atoms with Crippen molar-refractivity contribution in [3.63, 3.8) is 0 Å². The lowest BCUT2D eigenvalue weighted by Gasteiger charge is -2.27. The fourth-order valence-corrected chi connectivity index (χ4v) is 5.40. The number of hydrogen-bond donors (Lipinski definition) is 1. The fraction of sp³-hybridized carbons (Fsp3) is 0.125. The summed E-state index contributed by atoms with van der Waals surface area (Å²) < 4.78 is 34.3. The Morgan fingerprint density at radius 3 is 2.44 bits per heavy atom. The molecule has 36 heavy (non-hydrogen) atoms. The molecule has 4 rings (SSSR count). The van der Waals surface area contributed by atoms with E-state index in [0.29, 0.717) is 28.6 Å². The van der Waals surface area contributed by atoms with Gasteiger partial charge in [-0.25, -0.2) is 0 Å². The van der Waals surface area contributed by atoms with Gasteiger partial charge in [-0.1, -0.05) is 71.2 Å². The van der Waals surface area contributed by atoms with E-state index in [0.717, 1.165) is 27.2 Å². The minimum Gasteiger partial charge on any atom is -0.755 e. The second kappa shape index (κ2) is 12.1. The summed E-state index contributed by atoms with van der Waals surface area (Å²) in [5, 5.41) is 4.09. The summed E-state index contributed by atoms with van der Waals surface area (Å²) in [6, 6.07) is 19.0. The van der Waals surface area contributed by atoms with E-state index in [1.54, 1.807) is 18.2 Å². The van der Waals surface area contributed by atoms with Gasteiger partial charge < -0.3 is 9.87 Å². The van der Waals surface area contributed by atoms with Crippen LogP contribution in [0.25, 0.3) is 0 Å². The molecule has 0 spiro atoms. The van der Waals surface area contributed by atoms with Gasteiger partial charge in [-0.05, 0) is 47.9 Å². The summed E-state index contributed by atoms with van der Waals surface area (Å²) in [7, 11) is 0. The number of hydrogen-bond acceptors (Lipinski definition) is 6. The predicted molar refractivity (Wildman–Crippen MR) is 144 cm³/mol. The number of benzene rings is 3. The van der Waals surface area contributed by atoms with E-state index in [9.17, 15) is 13.6 Å². The van der Waals surface area contributed by atoms with Gasteiger partial charge in [-0.3, -0.25) is 13.3 Å². The first-order chi connectivity index (χ1) is 17.3. The van der Waals surface area contributed by atoms with E-state index >= 15 is 0 Å². The van der Waals surface area contributed by atoms with Gasteiger partial charge in [0.1, 0.15) is 5.69 Å². The molecule has 0 aliphatic rings. The number of amides is 1. The van der Waals surface area contributed by atoms with Crippen LogP contribution in [0.15, 0.2) is 66.7 Å². The van der Waals surface area contributed by atoms with Crippen LogP contribution in [-0.4, -0.2) is 30.0 Å². The van der Waals surface area contributed by atoms with Crippen molar-refractivity contribution in [1.82, 2.24) is 14.1 Å². The summed E-state index contributed by atoms with van der Waals surface area (Å²) in [4.78, 5) is 13.1. The highest BCUT2D eigenvalue weighted by Gasteiger charge is 2.24. The third-order valence-corrected chi connectivity index (χ3v) is 7.26. The Balaban J connectivity index is 1.60. The van der Waals surface area contributed by atoms with Gasteiger partial charge >= 0.3 is 0 Å². The first-order valence-electron chi connectivity index (χ1n) is 10.6. The average Bonchev–Trinajstić information content (AvgIpc) is 3.29. The van der Waals surface area contributed by atoms with E-state index in [1.807, 2.05) is 30.3 Å². The second-order valence-corrected chi connectivity index (χ2v) is 10.2. The molecule has 0 aliphatic heterocycles. The Morgan fingerprint density at radius 1 is 1.00 bits per heavy atom. The number of aromatic nitrogens is 2. The van der Waals surface area contributed by atoms with Gasteiger partial charge in [0.05, 0.1) is 34.2 Å². The van der Waals surface area contributed by atoms with Crippen LogP contribution in [0.2, 0.25) is 15.1 Å². The van der Waals surface area contributed by atoms with Crippen LogP contribution >= 0.6 is 46.5 Å². The number of rotatable bonds is 9. The predicted octanol–water partition coefficient (Wildman–Crippen LogP) is 5.99. The van der Waals surface area contributed by atoms with Crippen molar-refractivity contribution in [2.45, 2.75) is 12.8 Å². The van der Waals surface area contributed by atoms with Crippen LogP contribution < -0.4 is 9.62 Å². The molecule has 1 heterocycles. The molecule has 0 saturated carbocycles. The molecule has 0 radical (unpaired) electrons. The fourth-order valence-electron chi connectivity index (χ4n) is 3.52. The van der Waals surface area contributed by atoms with E-state index in [4.69, 9.17) is 34.8 Å². The molecule has 1 unspecified atom stereocenters. The Bertz CT molecular complexity index is 1400. The van der Waals surface area contributed by atoms with Gasteiger partial charge in [-0.15, -0.1) is 0 Å². The van der Waals surface area contributed by atoms with Crippen LogP contribution in [0, 0.1) is 0 Å². The molecule has 1 amide bonds. The first-order valence-corrected chi connectivity index (χ1v) is 13.5. The Morgan fingerprint density at radius 2 is 1.72 bits per heavy atom.